The van der Waals surface area contributed by atoms with Gasteiger partial charge in [0.05, 0.1) is 0 Å². The summed E-state index contributed by atoms with van der Waals surface area (Å²) in [6, 6.07) is 3.06. The standard InChI is InChI=1S/C26H32FN3O6/c1-5-16-8-9-17(19(13-16)36-15-20(31)32)14-28-22(33)18-7-6-12-30(18)23(34)21(25(2,3)4)29-24(35)26(27)10-11-26/h1,8-9,13,18,21H,6-7,10-12,14-15H2,2-4H3,(H,28,33)(H,29,35)(H,31,32). The number of benzene rings is 1. The molecule has 1 aliphatic carbocycles. The van der Waals surface area contributed by atoms with Crippen molar-refractivity contribution in [2.45, 2.75) is 70.8 Å². The van der Waals surface area contributed by atoms with Gasteiger partial charge in [-0.25, -0.2) is 9.18 Å². The number of amides is 3. The van der Waals surface area contributed by atoms with Crippen LogP contribution in [0.3, 0.4) is 0 Å². The highest BCUT2D eigenvalue weighted by atomic mass is 19.1. The van der Waals surface area contributed by atoms with Crippen molar-refractivity contribution in [1.82, 2.24) is 15.5 Å². The molecule has 1 aromatic carbocycles. The molecule has 1 saturated carbocycles. The second-order valence-electron chi connectivity index (χ2n) is 10.3. The van der Waals surface area contributed by atoms with Crippen LogP contribution in [-0.2, 0) is 25.7 Å². The number of terminal acetylenes is 1. The van der Waals surface area contributed by atoms with E-state index in [1.54, 1.807) is 32.9 Å². The Kier molecular flexibility index (Phi) is 7.92. The maximum atomic E-state index is 14.3. The largest absolute Gasteiger partial charge is 0.482 e. The minimum absolute atomic E-state index is 0.0287. The predicted molar refractivity (Wildman–Crippen MR) is 129 cm³/mol. The number of hydrogen-bond acceptors (Lipinski definition) is 5. The molecule has 1 saturated heterocycles. The second kappa shape index (κ2) is 10.6. The van der Waals surface area contributed by atoms with E-state index in [0.29, 0.717) is 30.5 Å². The molecule has 36 heavy (non-hydrogen) atoms. The average molecular weight is 502 g/mol. The Bertz CT molecular complexity index is 1090. The highest BCUT2D eigenvalue weighted by Crippen LogP contribution is 2.40. The Labute approximate surface area is 209 Å². The van der Waals surface area contributed by atoms with Crippen molar-refractivity contribution < 1.29 is 33.4 Å². The predicted octanol–water partition coefficient (Wildman–Crippen LogP) is 1.77. The smallest absolute Gasteiger partial charge is 0.341 e. The minimum atomic E-state index is -1.92. The first-order valence-corrected chi connectivity index (χ1v) is 11.9. The molecule has 2 unspecified atom stereocenters. The second-order valence-corrected chi connectivity index (χ2v) is 10.3. The lowest BCUT2D eigenvalue weighted by atomic mass is 9.85. The van der Waals surface area contributed by atoms with Crippen molar-refractivity contribution >= 4 is 23.7 Å². The number of halogens is 1. The number of aliphatic carboxylic acids is 1. The number of nitrogens with one attached hydrogen (secondary N) is 2. The van der Waals surface area contributed by atoms with Gasteiger partial charge in [-0.3, -0.25) is 14.4 Å². The SMILES string of the molecule is C#Cc1ccc(CNC(=O)C2CCCN2C(=O)C(NC(=O)C2(F)CC2)C(C)(C)C)c(OCC(=O)O)c1. The highest BCUT2D eigenvalue weighted by molar-refractivity contribution is 5.95. The lowest BCUT2D eigenvalue weighted by Crippen LogP contribution is -2.58. The van der Waals surface area contributed by atoms with Crippen LogP contribution in [0.2, 0.25) is 0 Å². The molecular weight excluding hydrogens is 469 g/mol. The van der Waals surface area contributed by atoms with Crippen LogP contribution < -0.4 is 15.4 Å². The third-order valence-electron chi connectivity index (χ3n) is 6.36. The van der Waals surface area contributed by atoms with Crippen LogP contribution >= 0.6 is 0 Å². The van der Waals surface area contributed by atoms with E-state index >= 15 is 0 Å². The number of carbonyl (C=O) groups excluding carboxylic acids is 3. The van der Waals surface area contributed by atoms with Crippen LogP contribution in [0, 0.1) is 17.8 Å². The topological polar surface area (TPSA) is 125 Å². The van der Waals surface area contributed by atoms with E-state index in [0.717, 1.165) is 0 Å². The van der Waals surface area contributed by atoms with Gasteiger partial charge in [0.2, 0.25) is 11.8 Å². The summed E-state index contributed by atoms with van der Waals surface area (Å²) in [7, 11) is 0. The lowest BCUT2D eigenvalue weighted by Gasteiger charge is -2.35. The summed E-state index contributed by atoms with van der Waals surface area (Å²) in [5.41, 5.74) is -1.59. The van der Waals surface area contributed by atoms with E-state index in [4.69, 9.17) is 16.3 Å². The number of alkyl halides is 1. The molecule has 9 nitrogen and oxygen atoms in total. The van der Waals surface area contributed by atoms with E-state index in [1.165, 1.54) is 11.0 Å². The van der Waals surface area contributed by atoms with Crippen molar-refractivity contribution in [3.05, 3.63) is 29.3 Å². The summed E-state index contributed by atoms with van der Waals surface area (Å²) in [5, 5.41) is 14.3. The van der Waals surface area contributed by atoms with Crippen LogP contribution in [0.15, 0.2) is 18.2 Å². The van der Waals surface area contributed by atoms with Gasteiger partial charge < -0.3 is 25.4 Å². The number of nitrogens with zero attached hydrogens (tertiary/aromatic N) is 1. The number of carboxylic acids is 1. The van der Waals surface area contributed by atoms with Gasteiger partial charge in [-0.1, -0.05) is 32.8 Å². The summed E-state index contributed by atoms with van der Waals surface area (Å²) in [6.45, 7) is 5.12. The highest BCUT2D eigenvalue weighted by Gasteiger charge is 2.53. The van der Waals surface area contributed by atoms with Crippen molar-refractivity contribution in [2.24, 2.45) is 5.41 Å². The zero-order valence-corrected chi connectivity index (χ0v) is 20.7. The van der Waals surface area contributed by atoms with Crippen LogP contribution in [0.1, 0.15) is 57.6 Å². The summed E-state index contributed by atoms with van der Waals surface area (Å²) in [5.74, 6) is -0.0841. The number of carboxylic acid groups (broad SMARTS) is 1. The minimum Gasteiger partial charge on any atom is -0.482 e. The molecule has 0 spiro atoms. The fourth-order valence-electron chi connectivity index (χ4n) is 4.08. The van der Waals surface area contributed by atoms with Gasteiger partial charge in [0.1, 0.15) is 17.8 Å². The van der Waals surface area contributed by atoms with E-state index in [2.05, 4.69) is 16.6 Å². The first-order chi connectivity index (χ1) is 16.9. The monoisotopic (exact) mass is 501 g/mol. The quantitative estimate of drug-likeness (QED) is 0.443. The van der Waals surface area contributed by atoms with Crippen LogP contribution in [0.5, 0.6) is 5.75 Å². The number of carbonyl (C=O) groups is 4. The Balaban J connectivity index is 1.70. The van der Waals surface area contributed by atoms with Gasteiger partial charge >= 0.3 is 5.97 Å². The van der Waals surface area contributed by atoms with Crippen molar-refractivity contribution in [3.8, 4) is 18.1 Å². The molecule has 3 N–H and O–H groups in total. The zero-order valence-electron chi connectivity index (χ0n) is 20.7. The third kappa shape index (κ3) is 6.33. The molecule has 2 fully saturated rings. The molecule has 1 aliphatic heterocycles. The van der Waals surface area contributed by atoms with E-state index in [9.17, 15) is 23.6 Å². The molecular formula is C26H32FN3O6. The Morgan fingerprint density at radius 3 is 2.58 bits per heavy atom. The molecule has 3 rings (SSSR count). The molecule has 3 amide bonds. The lowest BCUT2D eigenvalue weighted by molar-refractivity contribution is -0.144. The zero-order chi connectivity index (χ0) is 26.7. The van der Waals surface area contributed by atoms with Crippen molar-refractivity contribution in [1.29, 1.82) is 0 Å². The fourth-order valence-corrected chi connectivity index (χ4v) is 4.08. The Morgan fingerprint density at radius 2 is 2.00 bits per heavy atom. The normalized spacial score (nSPS) is 19.1. The van der Waals surface area contributed by atoms with Crippen molar-refractivity contribution in [2.75, 3.05) is 13.2 Å². The van der Waals surface area contributed by atoms with E-state index in [1.807, 2.05) is 0 Å². The molecule has 10 heteroatoms. The number of rotatable bonds is 9. The maximum Gasteiger partial charge on any atom is 0.341 e. The van der Waals surface area contributed by atoms with Gasteiger partial charge in [0.25, 0.3) is 5.91 Å². The van der Waals surface area contributed by atoms with E-state index < -0.39 is 53.5 Å². The van der Waals surface area contributed by atoms with Crippen LogP contribution in [0.4, 0.5) is 4.39 Å². The molecule has 194 valence electrons. The molecule has 2 atom stereocenters. The Morgan fingerprint density at radius 1 is 1.31 bits per heavy atom. The van der Waals surface area contributed by atoms with Gasteiger partial charge in [-0.2, -0.15) is 0 Å². The van der Waals surface area contributed by atoms with Gasteiger partial charge in [0.15, 0.2) is 12.3 Å². The number of ether oxygens (including phenoxy) is 1. The maximum absolute atomic E-state index is 14.3. The summed E-state index contributed by atoms with van der Waals surface area (Å²) >= 11 is 0. The van der Waals surface area contributed by atoms with Gasteiger partial charge in [-0.05, 0) is 43.2 Å². The number of likely N-dealkylation sites (tertiary alicyclic amines) is 1. The summed E-state index contributed by atoms with van der Waals surface area (Å²) in [4.78, 5) is 51.2. The average Bonchev–Trinajstić information content (AvgIpc) is 3.38. The molecule has 1 aromatic rings. The van der Waals surface area contributed by atoms with Gasteiger partial charge in [-0.15, -0.1) is 6.42 Å². The van der Waals surface area contributed by atoms with Crippen LogP contribution in [0.25, 0.3) is 0 Å². The molecule has 2 aliphatic rings. The number of hydrogen-bond donors (Lipinski definition) is 3. The molecule has 0 bridgehead atoms. The van der Waals surface area contributed by atoms with Gasteiger partial charge in [0, 0.05) is 24.2 Å². The third-order valence-corrected chi connectivity index (χ3v) is 6.36. The first-order valence-electron chi connectivity index (χ1n) is 11.9. The molecule has 0 radical (unpaired) electrons. The van der Waals surface area contributed by atoms with Crippen LogP contribution in [-0.4, -0.2) is 64.6 Å². The van der Waals surface area contributed by atoms with E-state index in [-0.39, 0.29) is 25.1 Å². The fraction of sp³-hybridized carbons (Fsp3) is 0.538. The summed E-state index contributed by atoms with van der Waals surface area (Å²) < 4.78 is 19.6. The summed E-state index contributed by atoms with van der Waals surface area (Å²) in [6.07, 6.45) is 6.73. The van der Waals surface area contributed by atoms with Crippen molar-refractivity contribution in [3.63, 3.8) is 0 Å². The Hall–Kier alpha value is -3.61. The molecule has 0 aromatic heterocycles. The molecule has 1 heterocycles. The first kappa shape index (κ1) is 27.0.